The zero-order valence-corrected chi connectivity index (χ0v) is 13.1. The summed E-state index contributed by atoms with van der Waals surface area (Å²) in [5.41, 5.74) is 2.50. The van der Waals surface area contributed by atoms with Gasteiger partial charge in [-0.05, 0) is 50.3 Å². The first-order valence-corrected chi connectivity index (χ1v) is 8.41. The second-order valence-electron chi connectivity index (χ2n) is 6.72. The van der Waals surface area contributed by atoms with Crippen molar-refractivity contribution in [3.8, 4) is 0 Å². The van der Waals surface area contributed by atoms with Gasteiger partial charge in [-0.1, -0.05) is 18.9 Å². The van der Waals surface area contributed by atoms with Crippen LogP contribution in [0.1, 0.15) is 56.1 Å². The molecule has 3 heteroatoms. The summed E-state index contributed by atoms with van der Waals surface area (Å²) in [6.07, 6.45) is 11.8. The molecule has 1 aromatic rings. The highest BCUT2D eigenvalue weighted by Gasteiger charge is 2.35. The van der Waals surface area contributed by atoms with E-state index in [0.717, 1.165) is 32.4 Å². The standard InChI is InChI=1S/C18H26N2O/c1-14-10-15(12-19-11-14)13-20-9-5-4-7-17(20)16-6-2-3-8-18(16)21/h10-12,16-17H,2-9,13H2,1H3. The van der Waals surface area contributed by atoms with Gasteiger partial charge in [-0.25, -0.2) is 0 Å². The summed E-state index contributed by atoms with van der Waals surface area (Å²) in [7, 11) is 0. The van der Waals surface area contributed by atoms with Crippen LogP contribution in [0.4, 0.5) is 0 Å². The van der Waals surface area contributed by atoms with Crippen molar-refractivity contribution >= 4 is 5.78 Å². The van der Waals surface area contributed by atoms with Crippen LogP contribution in [0.3, 0.4) is 0 Å². The Morgan fingerprint density at radius 3 is 2.86 bits per heavy atom. The Morgan fingerprint density at radius 2 is 2.05 bits per heavy atom. The van der Waals surface area contributed by atoms with Gasteiger partial charge >= 0.3 is 0 Å². The number of Topliss-reactive ketones (excluding diaryl/α,β-unsaturated/α-hetero) is 1. The van der Waals surface area contributed by atoms with E-state index in [2.05, 4.69) is 22.9 Å². The SMILES string of the molecule is Cc1cncc(CN2CCCCC2C2CCCCC2=O)c1. The predicted octanol–water partition coefficient (Wildman–Crippen LogP) is 3.50. The van der Waals surface area contributed by atoms with Gasteiger partial charge < -0.3 is 0 Å². The van der Waals surface area contributed by atoms with Crippen molar-refractivity contribution in [1.29, 1.82) is 0 Å². The van der Waals surface area contributed by atoms with Crippen molar-refractivity contribution in [2.24, 2.45) is 5.92 Å². The molecule has 2 heterocycles. The van der Waals surface area contributed by atoms with Gasteiger partial charge in [0.15, 0.2) is 0 Å². The van der Waals surface area contributed by atoms with Gasteiger partial charge in [0.25, 0.3) is 0 Å². The van der Waals surface area contributed by atoms with Crippen LogP contribution in [-0.4, -0.2) is 28.3 Å². The molecule has 2 fully saturated rings. The van der Waals surface area contributed by atoms with E-state index in [9.17, 15) is 4.79 Å². The molecule has 114 valence electrons. The average molecular weight is 286 g/mol. The summed E-state index contributed by atoms with van der Waals surface area (Å²) in [6, 6.07) is 2.69. The quantitative estimate of drug-likeness (QED) is 0.852. The Bertz CT molecular complexity index is 500. The molecule has 0 spiro atoms. The van der Waals surface area contributed by atoms with Gasteiger partial charge in [-0.15, -0.1) is 0 Å². The summed E-state index contributed by atoms with van der Waals surface area (Å²) in [5, 5.41) is 0. The number of pyridine rings is 1. The molecule has 1 saturated heterocycles. The lowest BCUT2D eigenvalue weighted by Gasteiger charge is -2.41. The van der Waals surface area contributed by atoms with Gasteiger partial charge in [0.1, 0.15) is 5.78 Å². The topological polar surface area (TPSA) is 33.2 Å². The molecule has 1 aliphatic carbocycles. The molecule has 0 bridgehead atoms. The zero-order chi connectivity index (χ0) is 14.7. The number of nitrogens with zero attached hydrogens (tertiary/aromatic N) is 2. The van der Waals surface area contributed by atoms with Crippen molar-refractivity contribution in [3.05, 3.63) is 29.6 Å². The third kappa shape index (κ3) is 3.52. The Labute approximate surface area is 127 Å². The number of ketones is 1. The van der Waals surface area contributed by atoms with Crippen molar-refractivity contribution < 1.29 is 4.79 Å². The van der Waals surface area contributed by atoms with Gasteiger partial charge in [0.05, 0.1) is 0 Å². The fraction of sp³-hybridized carbons (Fsp3) is 0.667. The minimum Gasteiger partial charge on any atom is -0.299 e. The number of piperidine rings is 1. The summed E-state index contributed by atoms with van der Waals surface area (Å²) in [6.45, 7) is 4.17. The van der Waals surface area contributed by atoms with E-state index in [1.807, 2.05) is 12.4 Å². The fourth-order valence-corrected chi connectivity index (χ4v) is 4.02. The number of aryl methyl sites for hydroxylation is 1. The molecular formula is C18H26N2O. The number of rotatable bonds is 3. The van der Waals surface area contributed by atoms with E-state index in [1.54, 1.807) is 0 Å². The van der Waals surface area contributed by atoms with Gasteiger partial charge in [0, 0.05) is 37.3 Å². The smallest absolute Gasteiger partial charge is 0.137 e. The molecule has 2 aliphatic rings. The van der Waals surface area contributed by atoms with Crippen LogP contribution in [0.5, 0.6) is 0 Å². The molecule has 2 atom stereocenters. The van der Waals surface area contributed by atoms with Crippen molar-refractivity contribution in [1.82, 2.24) is 9.88 Å². The number of hydrogen-bond donors (Lipinski definition) is 0. The lowest BCUT2D eigenvalue weighted by molar-refractivity contribution is -0.127. The highest BCUT2D eigenvalue weighted by Crippen LogP contribution is 2.32. The van der Waals surface area contributed by atoms with Crippen LogP contribution >= 0.6 is 0 Å². The highest BCUT2D eigenvalue weighted by atomic mass is 16.1. The Balaban J connectivity index is 1.73. The lowest BCUT2D eigenvalue weighted by Crippen LogP contribution is -2.47. The first kappa shape index (κ1) is 14.7. The molecule has 21 heavy (non-hydrogen) atoms. The second-order valence-corrected chi connectivity index (χ2v) is 6.72. The zero-order valence-electron chi connectivity index (χ0n) is 13.1. The van der Waals surface area contributed by atoms with E-state index in [1.165, 1.54) is 36.8 Å². The van der Waals surface area contributed by atoms with E-state index in [-0.39, 0.29) is 5.92 Å². The first-order chi connectivity index (χ1) is 10.2. The minimum atomic E-state index is 0.289. The number of aromatic nitrogens is 1. The maximum Gasteiger partial charge on any atom is 0.137 e. The van der Waals surface area contributed by atoms with E-state index in [0.29, 0.717) is 11.8 Å². The van der Waals surface area contributed by atoms with Gasteiger partial charge in [0.2, 0.25) is 0 Å². The van der Waals surface area contributed by atoms with Gasteiger partial charge in [-0.3, -0.25) is 14.7 Å². The summed E-state index contributed by atoms with van der Waals surface area (Å²) in [4.78, 5) is 19.2. The number of likely N-dealkylation sites (tertiary alicyclic amines) is 1. The molecule has 0 aromatic carbocycles. The molecule has 0 N–H and O–H groups in total. The Kier molecular flexibility index (Phi) is 4.69. The summed E-state index contributed by atoms with van der Waals surface area (Å²) < 4.78 is 0. The van der Waals surface area contributed by atoms with Crippen LogP contribution in [0, 0.1) is 12.8 Å². The van der Waals surface area contributed by atoms with Gasteiger partial charge in [-0.2, -0.15) is 0 Å². The molecule has 0 amide bonds. The fourth-order valence-electron chi connectivity index (χ4n) is 4.02. The Morgan fingerprint density at radius 1 is 1.19 bits per heavy atom. The lowest BCUT2D eigenvalue weighted by atomic mass is 9.79. The largest absolute Gasteiger partial charge is 0.299 e. The van der Waals surface area contributed by atoms with Crippen LogP contribution in [0.15, 0.2) is 18.5 Å². The predicted molar refractivity (Wildman–Crippen MR) is 84.0 cm³/mol. The van der Waals surface area contributed by atoms with Crippen molar-refractivity contribution in [3.63, 3.8) is 0 Å². The molecule has 1 aliphatic heterocycles. The average Bonchev–Trinajstić information content (AvgIpc) is 2.49. The van der Waals surface area contributed by atoms with Crippen molar-refractivity contribution in [2.75, 3.05) is 6.54 Å². The molecule has 0 radical (unpaired) electrons. The summed E-state index contributed by atoms with van der Waals surface area (Å²) >= 11 is 0. The van der Waals surface area contributed by atoms with Crippen molar-refractivity contribution in [2.45, 2.75) is 64.5 Å². The van der Waals surface area contributed by atoms with Crippen LogP contribution in [-0.2, 0) is 11.3 Å². The monoisotopic (exact) mass is 286 g/mol. The molecule has 1 aromatic heterocycles. The van der Waals surface area contributed by atoms with E-state index in [4.69, 9.17) is 0 Å². The number of carbonyl (C=O) groups excluding carboxylic acids is 1. The molecular weight excluding hydrogens is 260 g/mol. The molecule has 1 saturated carbocycles. The number of hydrogen-bond acceptors (Lipinski definition) is 3. The van der Waals surface area contributed by atoms with Crippen LogP contribution in [0.2, 0.25) is 0 Å². The molecule has 3 rings (SSSR count). The number of carbonyl (C=O) groups is 1. The molecule has 3 nitrogen and oxygen atoms in total. The first-order valence-electron chi connectivity index (χ1n) is 8.41. The minimum absolute atomic E-state index is 0.289. The maximum absolute atomic E-state index is 12.3. The third-order valence-corrected chi connectivity index (χ3v) is 5.05. The highest BCUT2D eigenvalue weighted by molar-refractivity contribution is 5.82. The Hall–Kier alpha value is -1.22. The normalized spacial score (nSPS) is 27.8. The van der Waals surface area contributed by atoms with Crippen LogP contribution in [0.25, 0.3) is 0 Å². The third-order valence-electron chi connectivity index (χ3n) is 5.05. The van der Waals surface area contributed by atoms with E-state index >= 15 is 0 Å². The second kappa shape index (κ2) is 6.69. The summed E-state index contributed by atoms with van der Waals surface area (Å²) in [5.74, 6) is 0.803. The molecule has 2 unspecified atom stereocenters. The van der Waals surface area contributed by atoms with E-state index < -0.39 is 0 Å². The van der Waals surface area contributed by atoms with Crippen LogP contribution < -0.4 is 0 Å². The maximum atomic E-state index is 12.3.